The topological polar surface area (TPSA) is 138 Å². The fourth-order valence-corrected chi connectivity index (χ4v) is 2.93. The van der Waals surface area contributed by atoms with Crippen molar-refractivity contribution >= 4 is 23.2 Å². The van der Waals surface area contributed by atoms with E-state index >= 15 is 0 Å². The van der Waals surface area contributed by atoms with Gasteiger partial charge in [-0.15, -0.1) is 0 Å². The van der Waals surface area contributed by atoms with Crippen molar-refractivity contribution in [3.05, 3.63) is 46.8 Å². The molecule has 0 amide bonds. The van der Waals surface area contributed by atoms with Crippen molar-refractivity contribution in [1.29, 1.82) is 10.8 Å². The number of esters is 1. The van der Waals surface area contributed by atoms with Crippen LogP contribution < -0.4 is 11.5 Å². The maximum Gasteiger partial charge on any atom is 0.336 e. The van der Waals surface area contributed by atoms with E-state index in [9.17, 15) is 4.79 Å². The lowest BCUT2D eigenvalue weighted by molar-refractivity contribution is -0.139. The summed E-state index contributed by atoms with van der Waals surface area (Å²) < 4.78 is 5.22. The highest BCUT2D eigenvalue weighted by Gasteiger charge is 2.38. The second-order valence-corrected chi connectivity index (χ2v) is 5.65. The number of hydrogen-bond donors (Lipinski definition) is 4. The molecule has 0 spiro atoms. The molecule has 1 aliphatic carbocycles. The van der Waals surface area contributed by atoms with Gasteiger partial charge < -0.3 is 16.2 Å². The molecule has 1 heterocycles. The molecule has 2 rings (SSSR count). The molecule has 1 atom stereocenters. The number of aliphatic imine (C=N–C) groups is 1. The first-order chi connectivity index (χ1) is 12.0. The number of nitrogens with two attached hydrogens (primary N) is 2. The van der Waals surface area contributed by atoms with Gasteiger partial charge in [0.2, 0.25) is 0 Å². The summed E-state index contributed by atoms with van der Waals surface area (Å²) in [5.41, 5.74) is 13.7. The lowest BCUT2D eigenvalue weighted by Crippen LogP contribution is -2.35. The number of allylic oxidation sites excluding steroid dienone is 5. The Bertz CT molecular complexity index is 768. The maximum atomic E-state index is 12.7. The van der Waals surface area contributed by atoms with Gasteiger partial charge >= 0.3 is 5.97 Å². The number of hydrogen-bond acceptors (Lipinski definition) is 7. The average molecular weight is 341 g/mol. The van der Waals surface area contributed by atoms with Crippen molar-refractivity contribution in [2.75, 3.05) is 6.61 Å². The fraction of sp³-hybridized carbons (Fsp3) is 0.333. The van der Waals surface area contributed by atoms with Crippen LogP contribution in [0.15, 0.2) is 51.8 Å². The number of nitrogens with zero attached hydrogens (tertiary/aromatic N) is 1. The zero-order valence-corrected chi connectivity index (χ0v) is 14.4. The third-order valence-electron chi connectivity index (χ3n) is 4.03. The number of nitrogens with one attached hydrogen (secondary N) is 2. The van der Waals surface area contributed by atoms with Gasteiger partial charge in [0.1, 0.15) is 5.84 Å². The van der Waals surface area contributed by atoms with Crippen LogP contribution in [-0.2, 0) is 9.53 Å². The van der Waals surface area contributed by atoms with Crippen LogP contribution in [-0.4, -0.2) is 29.8 Å². The quantitative estimate of drug-likeness (QED) is 0.448. The van der Waals surface area contributed by atoms with Gasteiger partial charge in [-0.2, -0.15) is 0 Å². The molecule has 2 aliphatic rings. The zero-order valence-electron chi connectivity index (χ0n) is 14.4. The van der Waals surface area contributed by atoms with E-state index in [1.54, 1.807) is 19.1 Å². The molecule has 0 radical (unpaired) electrons. The number of rotatable bonds is 5. The second kappa shape index (κ2) is 7.74. The Kier molecular flexibility index (Phi) is 5.69. The lowest BCUT2D eigenvalue weighted by atomic mass is 9.76. The highest BCUT2D eigenvalue weighted by atomic mass is 16.5. The van der Waals surface area contributed by atoms with Gasteiger partial charge in [-0.1, -0.05) is 25.5 Å². The summed E-state index contributed by atoms with van der Waals surface area (Å²) in [5, 5.41) is 16.2. The minimum absolute atomic E-state index is 0.0270. The van der Waals surface area contributed by atoms with E-state index in [1.807, 2.05) is 6.92 Å². The molecule has 0 saturated carbocycles. The smallest absolute Gasteiger partial charge is 0.336 e. The van der Waals surface area contributed by atoms with Gasteiger partial charge in [0.05, 0.1) is 35.2 Å². The maximum absolute atomic E-state index is 12.7. The summed E-state index contributed by atoms with van der Waals surface area (Å²) in [6.45, 7) is 3.93. The van der Waals surface area contributed by atoms with Crippen LogP contribution in [0.3, 0.4) is 0 Å². The number of carbonyl (C=O) groups is 1. The Morgan fingerprint density at radius 2 is 2.12 bits per heavy atom. The molecular formula is C18H23N5O2. The van der Waals surface area contributed by atoms with Crippen molar-refractivity contribution in [3.8, 4) is 0 Å². The molecule has 0 aromatic rings. The molecule has 0 saturated heterocycles. The van der Waals surface area contributed by atoms with Crippen molar-refractivity contribution in [2.45, 2.75) is 26.7 Å². The van der Waals surface area contributed by atoms with E-state index in [4.69, 9.17) is 27.0 Å². The van der Waals surface area contributed by atoms with Crippen LogP contribution in [0.2, 0.25) is 0 Å². The SMILES string of the molecule is CCCC1=C(C(=O)OCC)C(C2=CC=CC(=N)C2=N)/C(=C/N)C(N)=N1. The van der Waals surface area contributed by atoms with E-state index in [0.29, 0.717) is 28.8 Å². The first-order valence-corrected chi connectivity index (χ1v) is 8.18. The van der Waals surface area contributed by atoms with Crippen LogP contribution in [0.25, 0.3) is 0 Å². The molecule has 7 heteroatoms. The minimum Gasteiger partial charge on any atom is -0.463 e. The molecule has 1 unspecified atom stereocenters. The summed E-state index contributed by atoms with van der Waals surface area (Å²) in [6, 6.07) is 0. The number of ether oxygens (including phenoxy) is 1. The molecular weight excluding hydrogens is 318 g/mol. The zero-order chi connectivity index (χ0) is 18.6. The summed E-state index contributed by atoms with van der Waals surface area (Å²) in [7, 11) is 0. The summed E-state index contributed by atoms with van der Waals surface area (Å²) >= 11 is 0. The van der Waals surface area contributed by atoms with E-state index in [1.165, 1.54) is 12.3 Å². The van der Waals surface area contributed by atoms with Crippen molar-refractivity contribution < 1.29 is 9.53 Å². The summed E-state index contributed by atoms with van der Waals surface area (Å²) in [6.07, 6.45) is 7.54. The Labute approximate surface area is 146 Å². The largest absolute Gasteiger partial charge is 0.463 e. The lowest BCUT2D eigenvalue weighted by Gasteiger charge is -2.30. The normalized spacial score (nSPS) is 22.2. The van der Waals surface area contributed by atoms with Gasteiger partial charge in [0.15, 0.2) is 0 Å². The van der Waals surface area contributed by atoms with Crippen LogP contribution in [0.1, 0.15) is 26.7 Å². The van der Waals surface area contributed by atoms with Gasteiger partial charge in [-0.3, -0.25) is 10.8 Å². The third-order valence-corrected chi connectivity index (χ3v) is 4.03. The van der Waals surface area contributed by atoms with E-state index in [0.717, 1.165) is 6.42 Å². The number of amidine groups is 1. The Balaban J connectivity index is 2.69. The Morgan fingerprint density at radius 1 is 1.40 bits per heavy atom. The molecule has 0 aromatic heterocycles. The second-order valence-electron chi connectivity index (χ2n) is 5.65. The minimum atomic E-state index is -0.666. The highest BCUT2D eigenvalue weighted by Crippen LogP contribution is 2.38. The first-order valence-electron chi connectivity index (χ1n) is 8.18. The Morgan fingerprint density at radius 3 is 2.72 bits per heavy atom. The molecule has 0 fully saturated rings. The summed E-state index contributed by atoms with van der Waals surface area (Å²) in [4.78, 5) is 17.0. The monoisotopic (exact) mass is 341 g/mol. The van der Waals surface area contributed by atoms with Crippen LogP contribution in [0.5, 0.6) is 0 Å². The van der Waals surface area contributed by atoms with Gasteiger partial charge in [-0.25, -0.2) is 9.79 Å². The summed E-state index contributed by atoms with van der Waals surface area (Å²) in [5.74, 6) is -0.944. The predicted octanol–water partition coefficient (Wildman–Crippen LogP) is 1.97. The molecule has 1 aliphatic heterocycles. The van der Waals surface area contributed by atoms with Crippen LogP contribution in [0.4, 0.5) is 0 Å². The van der Waals surface area contributed by atoms with E-state index in [-0.39, 0.29) is 23.9 Å². The van der Waals surface area contributed by atoms with Crippen molar-refractivity contribution in [2.24, 2.45) is 22.4 Å². The average Bonchev–Trinajstić information content (AvgIpc) is 2.57. The van der Waals surface area contributed by atoms with Crippen molar-refractivity contribution in [1.82, 2.24) is 0 Å². The van der Waals surface area contributed by atoms with Gasteiger partial charge in [0, 0.05) is 11.8 Å². The molecule has 7 nitrogen and oxygen atoms in total. The highest BCUT2D eigenvalue weighted by molar-refractivity contribution is 6.51. The predicted molar refractivity (Wildman–Crippen MR) is 98.6 cm³/mol. The third kappa shape index (κ3) is 3.45. The molecule has 0 bridgehead atoms. The first kappa shape index (κ1) is 18.4. The van der Waals surface area contributed by atoms with Gasteiger partial charge in [0.25, 0.3) is 0 Å². The molecule has 25 heavy (non-hydrogen) atoms. The fourth-order valence-electron chi connectivity index (χ4n) is 2.93. The van der Waals surface area contributed by atoms with Crippen LogP contribution >= 0.6 is 0 Å². The van der Waals surface area contributed by atoms with Crippen LogP contribution in [0, 0.1) is 16.7 Å². The van der Waals surface area contributed by atoms with E-state index < -0.39 is 11.9 Å². The molecule has 6 N–H and O–H groups in total. The number of carbonyl (C=O) groups excluding carboxylic acids is 1. The Hall–Kier alpha value is -2.96. The molecule has 0 aromatic carbocycles. The van der Waals surface area contributed by atoms with Crippen molar-refractivity contribution in [3.63, 3.8) is 0 Å². The molecule has 132 valence electrons. The van der Waals surface area contributed by atoms with E-state index in [2.05, 4.69) is 4.99 Å². The standard InChI is InChI=1S/C18H23N5O2/c1-3-6-13-15(18(24)25-4-2)14(11(9-19)17(22)23-13)10-7-5-8-12(20)16(10)21/h5,7-9,14,20-21H,3-4,6,19H2,1-2H3,(H2,22,23)/b11-9-,20-12?,21-16?. The van der Waals surface area contributed by atoms with Gasteiger partial charge in [-0.05, 0) is 25.0 Å².